The highest BCUT2D eigenvalue weighted by Gasteiger charge is 2.31. The molecule has 1 aliphatic carbocycles. The molecule has 0 amide bonds. The van der Waals surface area contributed by atoms with Crippen LogP contribution in [0.4, 0.5) is 5.82 Å². The molecule has 0 aromatic carbocycles. The molecule has 1 aromatic heterocycles. The predicted octanol–water partition coefficient (Wildman–Crippen LogP) is 2.44. The van der Waals surface area contributed by atoms with Gasteiger partial charge in [0.05, 0.1) is 5.69 Å². The average molecular weight is 296 g/mol. The maximum Gasteiger partial charge on any atom is 0.128 e. The number of rotatable bonds is 2. The average Bonchev–Trinajstić information content (AvgIpc) is 3.17. The molecule has 0 unspecified atom stereocenters. The van der Waals surface area contributed by atoms with Gasteiger partial charge in [-0.05, 0) is 47.8 Å². The highest BCUT2D eigenvalue weighted by molar-refractivity contribution is 9.10. The van der Waals surface area contributed by atoms with E-state index in [0.29, 0.717) is 0 Å². The molecule has 0 N–H and O–H groups in total. The monoisotopic (exact) mass is 295 g/mol. The van der Waals surface area contributed by atoms with Gasteiger partial charge < -0.3 is 4.90 Å². The van der Waals surface area contributed by atoms with E-state index >= 15 is 0 Å². The molecule has 92 valence electrons. The van der Waals surface area contributed by atoms with Crippen LogP contribution in [0.15, 0.2) is 16.6 Å². The maximum absolute atomic E-state index is 4.64. The quantitative estimate of drug-likeness (QED) is 0.835. The number of hydrogen-bond donors (Lipinski definition) is 0. The molecular weight excluding hydrogens is 278 g/mol. The number of aryl methyl sites for hydroxylation is 1. The Morgan fingerprint density at radius 1 is 1.18 bits per heavy atom. The van der Waals surface area contributed by atoms with Crippen molar-refractivity contribution >= 4 is 21.7 Å². The lowest BCUT2D eigenvalue weighted by atomic mass is 10.3. The first-order valence-electron chi connectivity index (χ1n) is 6.36. The summed E-state index contributed by atoms with van der Waals surface area (Å²) in [4.78, 5) is 9.67. The van der Waals surface area contributed by atoms with Gasteiger partial charge in [-0.1, -0.05) is 0 Å². The minimum absolute atomic E-state index is 0.900. The van der Waals surface area contributed by atoms with Crippen molar-refractivity contribution in [3.05, 3.63) is 22.3 Å². The Morgan fingerprint density at radius 3 is 2.47 bits per heavy atom. The maximum atomic E-state index is 4.64. The summed E-state index contributed by atoms with van der Waals surface area (Å²) < 4.78 is 1.10. The SMILES string of the molecule is Cc1nc(N2CCN(C3CC3)CC2)ccc1Br. The van der Waals surface area contributed by atoms with Crippen molar-refractivity contribution < 1.29 is 0 Å². The van der Waals surface area contributed by atoms with E-state index in [9.17, 15) is 0 Å². The molecule has 0 radical (unpaired) electrons. The van der Waals surface area contributed by atoms with E-state index in [1.165, 1.54) is 25.9 Å². The zero-order chi connectivity index (χ0) is 11.8. The van der Waals surface area contributed by atoms with E-state index in [1.807, 2.05) is 6.92 Å². The Morgan fingerprint density at radius 2 is 1.88 bits per heavy atom. The summed E-state index contributed by atoms with van der Waals surface area (Å²) in [6.07, 6.45) is 2.82. The van der Waals surface area contributed by atoms with Crippen molar-refractivity contribution in [2.45, 2.75) is 25.8 Å². The Kier molecular flexibility index (Phi) is 3.09. The molecule has 2 aliphatic rings. The summed E-state index contributed by atoms with van der Waals surface area (Å²) in [5.74, 6) is 1.13. The standard InChI is InChI=1S/C13H18BrN3/c1-10-12(14)4-5-13(15-10)17-8-6-16(7-9-17)11-2-3-11/h4-5,11H,2-3,6-9H2,1H3. The molecule has 2 fully saturated rings. The lowest BCUT2D eigenvalue weighted by Crippen LogP contribution is -2.47. The number of hydrogen-bond acceptors (Lipinski definition) is 3. The third-order valence-electron chi connectivity index (χ3n) is 3.71. The van der Waals surface area contributed by atoms with Crippen LogP contribution < -0.4 is 4.90 Å². The molecule has 1 saturated carbocycles. The third-order valence-corrected chi connectivity index (χ3v) is 4.55. The third kappa shape index (κ3) is 2.47. The molecule has 3 rings (SSSR count). The summed E-state index contributed by atoms with van der Waals surface area (Å²) in [6.45, 7) is 6.67. The normalized spacial score (nSPS) is 21.9. The molecule has 1 saturated heterocycles. The van der Waals surface area contributed by atoms with Crippen LogP contribution in [0.5, 0.6) is 0 Å². The van der Waals surface area contributed by atoms with Crippen LogP contribution in [0, 0.1) is 6.92 Å². The van der Waals surface area contributed by atoms with Gasteiger partial charge in [0.15, 0.2) is 0 Å². The van der Waals surface area contributed by atoms with Crippen LogP contribution in [0.3, 0.4) is 0 Å². The van der Waals surface area contributed by atoms with Gasteiger partial charge >= 0.3 is 0 Å². The van der Waals surface area contributed by atoms with Gasteiger partial charge in [-0.2, -0.15) is 0 Å². The van der Waals surface area contributed by atoms with Gasteiger partial charge in [0.2, 0.25) is 0 Å². The molecule has 0 bridgehead atoms. The lowest BCUT2D eigenvalue weighted by Gasteiger charge is -2.35. The van der Waals surface area contributed by atoms with Crippen LogP contribution in [-0.4, -0.2) is 42.1 Å². The van der Waals surface area contributed by atoms with E-state index < -0.39 is 0 Å². The van der Waals surface area contributed by atoms with Gasteiger partial charge in [0.1, 0.15) is 5.82 Å². The van der Waals surface area contributed by atoms with E-state index in [1.54, 1.807) is 0 Å². The van der Waals surface area contributed by atoms with Crippen molar-refractivity contribution in [2.75, 3.05) is 31.1 Å². The van der Waals surface area contributed by atoms with Crippen molar-refractivity contribution in [3.63, 3.8) is 0 Å². The fourth-order valence-corrected chi connectivity index (χ4v) is 2.68. The fourth-order valence-electron chi connectivity index (χ4n) is 2.46. The first-order valence-corrected chi connectivity index (χ1v) is 7.15. The summed E-state index contributed by atoms with van der Waals surface area (Å²) in [5, 5.41) is 0. The number of anilines is 1. The second-order valence-corrected chi connectivity index (χ2v) is 5.85. The Bertz CT molecular complexity index is 409. The van der Waals surface area contributed by atoms with Crippen LogP contribution in [-0.2, 0) is 0 Å². The molecule has 0 spiro atoms. The van der Waals surface area contributed by atoms with Crippen LogP contribution in [0.1, 0.15) is 18.5 Å². The summed E-state index contributed by atoms with van der Waals surface area (Å²) >= 11 is 3.50. The summed E-state index contributed by atoms with van der Waals surface area (Å²) in [6, 6.07) is 5.12. The largest absolute Gasteiger partial charge is 0.354 e. The lowest BCUT2D eigenvalue weighted by molar-refractivity contribution is 0.247. The van der Waals surface area contributed by atoms with Gasteiger partial charge in [0.25, 0.3) is 0 Å². The molecule has 1 aromatic rings. The second kappa shape index (κ2) is 4.58. The highest BCUT2D eigenvalue weighted by atomic mass is 79.9. The molecule has 2 heterocycles. The van der Waals surface area contributed by atoms with Crippen LogP contribution in [0.25, 0.3) is 0 Å². The molecule has 1 aliphatic heterocycles. The van der Waals surface area contributed by atoms with Crippen molar-refractivity contribution in [1.82, 2.24) is 9.88 Å². The van der Waals surface area contributed by atoms with Crippen molar-refractivity contribution in [2.24, 2.45) is 0 Å². The smallest absolute Gasteiger partial charge is 0.128 e. The highest BCUT2D eigenvalue weighted by Crippen LogP contribution is 2.28. The number of piperazine rings is 1. The number of aromatic nitrogens is 1. The first kappa shape index (κ1) is 11.5. The second-order valence-electron chi connectivity index (χ2n) is 4.99. The van der Waals surface area contributed by atoms with E-state index in [2.05, 4.69) is 42.8 Å². The topological polar surface area (TPSA) is 19.4 Å². The predicted molar refractivity (Wildman–Crippen MR) is 73.5 cm³/mol. The molecule has 17 heavy (non-hydrogen) atoms. The molecule has 4 heteroatoms. The number of halogens is 1. The van der Waals surface area contributed by atoms with Crippen LogP contribution in [0.2, 0.25) is 0 Å². The zero-order valence-electron chi connectivity index (χ0n) is 10.2. The van der Waals surface area contributed by atoms with E-state index in [0.717, 1.165) is 35.1 Å². The molecule has 3 nitrogen and oxygen atoms in total. The minimum Gasteiger partial charge on any atom is -0.354 e. The fraction of sp³-hybridized carbons (Fsp3) is 0.615. The van der Waals surface area contributed by atoms with Gasteiger partial charge in [-0.3, -0.25) is 4.90 Å². The Balaban J connectivity index is 1.66. The van der Waals surface area contributed by atoms with Crippen LogP contribution >= 0.6 is 15.9 Å². The first-order chi connectivity index (χ1) is 8.24. The Labute approximate surface area is 111 Å². The van der Waals surface area contributed by atoms with Gasteiger partial charge in [-0.15, -0.1) is 0 Å². The van der Waals surface area contributed by atoms with Crippen molar-refractivity contribution in [1.29, 1.82) is 0 Å². The minimum atomic E-state index is 0.900. The number of nitrogens with zero attached hydrogens (tertiary/aromatic N) is 3. The Hall–Kier alpha value is -0.610. The molecular formula is C13H18BrN3. The zero-order valence-corrected chi connectivity index (χ0v) is 11.8. The van der Waals surface area contributed by atoms with Crippen molar-refractivity contribution in [3.8, 4) is 0 Å². The number of pyridine rings is 1. The van der Waals surface area contributed by atoms with E-state index in [-0.39, 0.29) is 0 Å². The summed E-state index contributed by atoms with van der Waals surface area (Å²) in [7, 11) is 0. The molecule has 0 atom stereocenters. The summed E-state index contributed by atoms with van der Waals surface area (Å²) in [5.41, 5.74) is 1.08. The van der Waals surface area contributed by atoms with E-state index in [4.69, 9.17) is 0 Å². The van der Waals surface area contributed by atoms with Gasteiger partial charge in [0, 0.05) is 36.7 Å². The van der Waals surface area contributed by atoms with Gasteiger partial charge in [-0.25, -0.2) is 4.98 Å².